The Morgan fingerprint density at radius 1 is 1.45 bits per heavy atom. The Balaban J connectivity index is 2.56. The summed E-state index contributed by atoms with van der Waals surface area (Å²) >= 11 is 0. The molecule has 0 heterocycles. The van der Waals surface area contributed by atoms with Gasteiger partial charge >= 0.3 is 0 Å². The predicted octanol–water partition coefficient (Wildman–Crippen LogP) is 2.02. The second-order valence-corrected chi connectivity index (χ2v) is 5.16. The van der Waals surface area contributed by atoms with Crippen LogP contribution >= 0.6 is 0 Å². The van der Waals surface area contributed by atoms with Crippen LogP contribution in [0.5, 0.6) is 5.75 Å². The Morgan fingerprint density at radius 2 is 2.15 bits per heavy atom. The largest absolute Gasteiger partial charge is 0.482 e. The zero-order valence-corrected chi connectivity index (χ0v) is 12.8. The number of ether oxygens (including phenoxy) is 1. The maximum atomic E-state index is 11.7. The zero-order chi connectivity index (χ0) is 15.1. The number of anilines is 2. The first-order valence-corrected chi connectivity index (χ1v) is 6.93. The summed E-state index contributed by atoms with van der Waals surface area (Å²) in [6.07, 6.45) is 2.00. The number of rotatable bonds is 7. The van der Waals surface area contributed by atoms with Crippen LogP contribution in [-0.4, -0.2) is 32.7 Å². The summed E-state index contributed by atoms with van der Waals surface area (Å²) in [4.78, 5) is 13.7. The Kier molecular flexibility index (Phi) is 6.15. The number of nitrogens with zero attached hydrogens (tertiary/aromatic N) is 1. The second kappa shape index (κ2) is 7.62. The lowest BCUT2D eigenvalue weighted by molar-refractivity contribution is -0.123. The van der Waals surface area contributed by atoms with E-state index in [9.17, 15) is 4.79 Å². The van der Waals surface area contributed by atoms with Crippen LogP contribution in [-0.2, 0) is 4.79 Å². The van der Waals surface area contributed by atoms with Gasteiger partial charge in [-0.25, -0.2) is 0 Å². The monoisotopic (exact) mass is 279 g/mol. The smallest absolute Gasteiger partial charge is 0.258 e. The van der Waals surface area contributed by atoms with Crippen molar-refractivity contribution in [2.24, 2.45) is 0 Å². The molecule has 20 heavy (non-hydrogen) atoms. The van der Waals surface area contributed by atoms with Crippen LogP contribution in [0.4, 0.5) is 11.4 Å². The number of amides is 1. The highest BCUT2D eigenvalue weighted by atomic mass is 16.5. The van der Waals surface area contributed by atoms with Crippen molar-refractivity contribution in [3.05, 3.63) is 18.2 Å². The van der Waals surface area contributed by atoms with Crippen molar-refractivity contribution in [3.8, 4) is 5.75 Å². The van der Waals surface area contributed by atoms with Crippen LogP contribution < -0.4 is 20.7 Å². The van der Waals surface area contributed by atoms with Gasteiger partial charge in [-0.1, -0.05) is 13.3 Å². The lowest BCUT2D eigenvalue weighted by atomic mass is 10.2. The van der Waals surface area contributed by atoms with Gasteiger partial charge in [0, 0.05) is 31.9 Å². The fourth-order valence-electron chi connectivity index (χ4n) is 1.89. The minimum atomic E-state index is -0.124. The van der Waals surface area contributed by atoms with Crippen molar-refractivity contribution in [2.75, 3.05) is 31.3 Å². The summed E-state index contributed by atoms with van der Waals surface area (Å²) in [7, 11) is 3.88. The van der Waals surface area contributed by atoms with Crippen molar-refractivity contribution < 1.29 is 9.53 Å². The third kappa shape index (κ3) is 4.99. The molecular weight excluding hydrogens is 254 g/mol. The number of nitrogens with two attached hydrogens (primary N) is 1. The fourth-order valence-corrected chi connectivity index (χ4v) is 1.89. The number of hydrogen-bond acceptors (Lipinski definition) is 4. The molecule has 0 spiro atoms. The molecule has 1 amide bonds. The molecule has 0 radical (unpaired) electrons. The van der Waals surface area contributed by atoms with E-state index in [2.05, 4.69) is 12.2 Å². The molecule has 5 heteroatoms. The van der Waals surface area contributed by atoms with E-state index in [1.165, 1.54) is 0 Å². The van der Waals surface area contributed by atoms with Crippen molar-refractivity contribution >= 4 is 17.3 Å². The highest BCUT2D eigenvalue weighted by molar-refractivity contribution is 5.78. The summed E-state index contributed by atoms with van der Waals surface area (Å²) in [5.41, 5.74) is 7.36. The SMILES string of the molecule is CCCC(C)NC(=O)COc1cc(N(C)C)ccc1N. The predicted molar refractivity (Wildman–Crippen MR) is 83.2 cm³/mol. The van der Waals surface area contributed by atoms with Gasteiger partial charge in [0.15, 0.2) is 6.61 Å². The van der Waals surface area contributed by atoms with Gasteiger partial charge in [0.1, 0.15) is 5.75 Å². The molecule has 0 aliphatic rings. The van der Waals surface area contributed by atoms with E-state index >= 15 is 0 Å². The van der Waals surface area contributed by atoms with E-state index in [0.717, 1.165) is 18.5 Å². The van der Waals surface area contributed by atoms with E-state index in [-0.39, 0.29) is 18.6 Å². The normalized spacial score (nSPS) is 11.8. The Labute approximate surface area is 121 Å². The molecule has 1 rings (SSSR count). The van der Waals surface area contributed by atoms with Gasteiger partial charge in [-0.05, 0) is 25.5 Å². The van der Waals surface area contributed by atoms with Crippen molar-refractivity contribution in [1.29, 1.82) is 0 Å². The van der Waals surface area contributed by atoms with Gasteiger partial charge in [-0.15, -0.1) is 0 Å². The average Bonchev–Trinajstić information content (AvgIpc) is 2.37. The second-order valence-electron chi connectivity index (χ2n) is 5.16. The summed E-state index contributed by atoms with van der Waals surface area (Å²) in [6, 6.07) is 5.69. The molecule has 1 unspecified atom stereocenters. The molecule has 112 valence electrons. The third-order valence-electron chi connectivity index (χ3n) is 3.00. The molecule has 0 aliphatic carbocycles. The van der Waals surface area contributed by atoms with Crippen LogP contribution in [0.15, 0.2) is 18.2 Å². The minimum absolute atomic E-state index is 0.0187. The van der Waals surface area contributed by atoms with E-state index in [1.807, 2.05) is 38.1 Å². The number of nitrogens with one attached hydrogen (secondary N) is 1. The minimum Gasteiger partial charge on any atom is -0.482 e. The molecule has 0 fully saturated rings. The molecule has 0 saturated carbocycles. The van der Waals surface area contributed by atoms with Crippen LogP contribution in [0.25, 0.3) is 0 Å². The molecule has 0 aliphatic heterocycles. The van der Waals surface area contributed by atoms with Gasteiger partial charge < -0.3 is 20.7 Å². The van der Waals surface area contributed by atoms with Crippen molar-refractivity contribution in [3.63, 3.8) is 0 Å². The molecule has 1 atom stereocenters. The Hall–Kier alpha value is -1.91. The van der Waals surface area contributed by atoms with E-state index in [4.69, 9.17) is 10.5 Å². The van der Waals surface area contributed by atoms with Gasteiger partial charge in [-0.3, -0.25) is 4.79 Å². The van der Waals surface area contributed by atoms with Gasteiger partial charge in [0.2, 0.25) is 0 Å². The van der Waals surface area contributed by atoms with Crippen LogP contribution in [0, 0.1) is 0 Å². The first-order chi connectivity index (χ1) is 9.43. The number of nitrogen functional groups attached to an aromatic ring is 1. The molecule has 0 aromatic heterocycles. The Bertz CT molecular complexity index is 447. The highest BCUT2D eigenvalue weighted by Crippen LogP contribution is 2.26. The first kappa shape index (κ1) is 16.1. The number of benzene rings is 1. The van der Waals surface area contributed by atoms with Crippen molar-refractivity contribution in [1.82, 2.24) is 5.32 Å². The fraction of sp³-hybridized carbons (Fsp3) is 0.533. The van der Waals surface area contributed by atoms with Gasteiger partial charge in [0.25, 0.3) is 5.91 Å². The van der Waals surface area contributed by atoms with E-state index in [0.29, 0.717) is 11.4 Å². The molecule has 0 bridgehead atoms. The standard InChI is InChI=1S/C15H25N3O2/c1-5-6-11(2)17-15(19)10-20-14-9-12(18(3)4)7-8-13(14)16/h7-9,11H,5-6,10,16H2,1-4H3,(H,17,19). The maximum absolute atomic E-state index is 11.7. The lowest BCUT2D eigenvalue weighted by Gasteiger charge is -2.16. The topological polar surface area (TPSA) is 67.6 Å². The molecule has 3 N–H and O–H groups in total. The lowest BCUT2D eigenvalue weighted by Crippen LogP contribution is -2.36. The van der Waals surface area contributed by atoms with Crippen LogP contribution in [0.2, 0.25) is 0 Å². The number of carbonyl (C=O) groups is 1. The highest BCUT2D eigenvalue weighted by Gasteiger charge is 2.09. The quantitative estimate of drug-likeness (QED) is 0.749. The van der Waals surface area contributed by atoms with Gasteiger partial charge in [-0.2, -0.15) is 0 Å². The van der Waals surface area contributed by atoms with E-state index < -0.39 is 0 Å². The maximum Gasteiger partial charge on any atom is 0.258 e. The van der Waals surface area contributed by atoms with Crippen molar-refractivity contribution in [2.45, 2.75) is 32.7 Å². The molecular formula is C15H25N3O2. The third-order valence-corrected chi connectivity index (χ3v) is 3.00. The Morgan fingerprint density at radius 3 is 2.75 bits per heavy atom. The molecule has 5 nitrogen and oxygen atoms in total. The van der Waals surface area contributed by atoms with Crippen LogP contribution in [0.3, 0.4) is 0 Å². The van der Waals surface area contributed by atoms with E-state index in [1.54, 1.807) is 6.07 Å². The summed E-state index contributed by atoms with van der Waals surface area (Å²) in [5.74, 6) is 0.412. The van der Waals surface area contributed by atoms with Crippen LogP contribution in [0.1, 0.15) is 26.7 Å². The zero-order valence-electron chi connectivity index (χ0n) is 12.8. The first-order valence-electron chi connectivity index (χ1n) is 6.93. The average molecular weight is 279 g/mol. The molecule has 0 saturated heterocycles. The summed E-state index contributed by atoms with van der Waals surface area (Å²) in [6.45, 7) is 4.06. The summed E-state index contributed by atoms with van der Waals surface area (Å²) in [5, 5.41) is 2.89. The summed E-state index contributed by atoms with van der Waals surface area (Å²) < 4.78 is 5.50. The van der Waals surface area contributed by atoms with Gasteiger partial charge in [0.05, 0.1) is 5.69 Å². The number of hydrogen-bond donors (Lipinski definition) is 2. The molecule has 1 aromatic rings. The molecule has 1 aromatic carbocycles. The number of carbonyl (C=O) groups excluding carboxylic acids is 1.